The van der Waals surface area contributed by atoms with Crippen molar-refractivity contribution in [3.05, 3.63) is 101 Å². The molecule has 1 aliphatic heterocycles. The molecule has 0 radical (unpaired) electrons. The summed E-state index contributed by atoms with van der Waals surface area (Å²) in [6, 6.07) is 14.0. The molecule has 1 aromatic carbocycles. The third-order valence-corrected chi connectivity index (χ3v) is 5.28. The van der Waals surface area contributed by atoms with Crippen LogP contribution in [0.4, 0.5) is 0 Å². The highest BCUT2D eigenvalue weighted by molar-refractivity contribution is 6.46. The van der Waals surface area contributed by atoms with Gasteiger partial charge in [0.2, 0.25) is 0 Å². The average molecular weight is 443 g/mol. The average Bonchev–Trinajstić information content (AvgIpc) is 3.10. The molecule has 1 atom stereocenters. The summed E-state index contributed by atoms with van der Waals surface area (Å²) in [6.45, 7) is 2.08. The van der Waals surface area contributed by atoms with Gasteiger partial charge < -0.3 is 14.7 Å². The summed E-state index contributed by atoms with van der Waals surface area (Å²) in [7, 11) is 0. The molecule has 8 heteroatoms. The zero-order valence-electron chi connectivity index (χ0n) is 17.8. The highest BCUT2D eigenvalue weighted by Crippen LogP contribution is 2.39. The second-order valence-electron chi connectivity index (χ2n) is 7.33. The fraction of sp³-hybridized carbons (Fsp3) is 0.160. The molecule has 2 aromatic heterocycles. The number of ether oxygens (including phenoxy) is 1. The summed E-state index contributed by atoms with van der Waals surface area (Å²) in [5, 5.41) is 10.9. The Kier molecular flexibility index (Phi) is 6.26. The molecule has 8 nitrogen and oxygen atoms in total. The van der Waals surface area contributed by atoms with Crippen molar-refractivity contribution in [3.63, 3.8) is 0 Å². The third kappa shape index (κ3) is 4.36. The molecule has 1 fully saturated rings. The minimum Gasteiger partial charge on any atom is -0.507 e. The van der Waals surface area contributed by atoms with E-state index in [-0.39, 0.29) is 24.5 Å². The van der Waals surface area contributed by atoms with Crippen LogP contribution >= 0.6 is 0 Å². The first kappa shape index (κ1) is 21.9. The van der Waals surface area contributed by atoms with Crippen molar-refractivity contribution in [2.75, 3.05) is 6.61 Å². The normalized spacial score (nSPS) is 17.2. The van der Waals surface area contributed by atoms with Gasteiger partial charge in [-0.25, -0.2) is 4.79 Å². The number of aliphatic hydroxyl groups excluding tert-OH is 1. The smallest absolute Gasteiger partial charge is 0.338 e. The van der Waals surface area contributed by atoms with E-state index < -0.39 is 23.7 Å². The first-order valence-electron chi connectivity index (χ1n) is 10.4. The fourth-order valence-electron chi connectivity index (χ4n) is 3.71. The van der Waals surface area contributed by atoms with Crippen LogP contribution in [0, 0.1) is 0 Å². The van der Waals surface area contributed by atoms with Crippen molar-refractivity contribution in [3.8, 4) is 0 Å². The number of carbonyl (C=O) groups is 3. The van der Waals surface area contributed by atoms with Gasteiger partial charge in [-0.1, -0.05) is 18.2 Å². The second kappa shape index (κ2) is 9.44. The molecule has 0 bridgehead atoms. The number of esters is 1. The number of pyridine rings is 2. The summed E-state index contributed by atoms with van der Waals surface area (Å²) < 4.78 is 4.99. The van der Waals surface area contributed by atoms with Crippen LogP contribution in [0.5, 0.6) is 0 Å². The number of benzene rings is 1. The van der Waals surface area contributed by atoms with Crippen molar-refractivity contribution in [1.29, 1.82) is 0 Å². The summed E-state index contributed by atoms with van der Waals surface area (Å²) in [5.74, 6) is -2.25. The Balaban J connectivity index is 1.73. The van der Waals surface area contributed by atoms with E-state index in [0.29, 0.717) is 22.4 Å². The Labute approximate surface area is 190 Å². The molecule has 3 aromatic rings. The van der Waals surface area contributed by atoms with Gasteiger partial charge in [0, 0.05) is 30.7 Å². The number of hydrogen-bond acceptors (Lipinski definition) is 7. The van der Waals surface area contributed by atoms with Crippen LogP contribution in [0.15, 0.2) is 78.8 Å². The van der Waals surface area contributed by atoms with Gasteiger partial charge in [-0.3, -0.25) is 19.6 Å². The molecule has 1 aliphatic rings. The van der Waals surface area contributed by atoms with E-state index in [9.17, 15) is 19.5 Å². The van der Waals surface area contributed by atoms with Crippen LogP contribution in [0.3, 0.4) is 0 Å². The molecule has 4 rings (SSSR count). The molecule has 3 heterocycles. The topological polar surface area (TPSA) is 110 Å². The van der Waals surface area contributed by atoms with E-state index in [2.05, 4.69) is 9.97 Å². The molecule has 1 saturated heterocycles. The van der Waals surface area contributed by atoms with Crippen molar-refractivity contribution in [1.82, 2.24) is 14.9 Å². The predicted molar refractivity (Wildman–Crippen MR) is 119 cm³/mol. The van der Waals surface area contributed by atoms with Gasteiger partial charge in [-0.2, -0.15) is 0 Å². The molecule has 0 aliphatic carbocycles. The number of nitrogens with zero attached hydrogens (tertiary/aromatic N) is 3. The number of aliphatic hydroxyl groups is 1. The van der Waals surface area contributed by atoms with E-state index >= 15 is 0 Å². The minimum atomic E-state index is -0.871. The highest BCUT2D eigenvalue weighted by atomic mass is 16.5. The largest absolute Gasteiger partial charge is 0.507 e. The lowest BCUT2D eigenvalue weighted by Crippen LogP contribution is -2.29. The first-order valence-corrected chi connectivity index (χ1v) is 10.4. The Hall–Kier alpha value is -4.33. The van der Waals surface area contributed by atoms with E-state index in [1.807, 2.05) is 0 Å². The maximum Gasteiger partial charge on any atom is 0.338 e. The molecule has 1 unspecified atom stereocenters. The van der Waals surface area contributed by atoms with Crippen molar-refractivity contribution in [2.45, 2.75) is 19.5 Å². The van der Waals surface area contributed by atoms with E-state index in [1.54, 1.807) is 67.7 Å². The Bertz CT molecular complexity index is 1210. The maximum atomic E-state index is 13.0. The van der Waals surface area contributed by atoms with E-state index in [1.165, 1.54) is 17.3 Å². The molecule has 166 valence electrons. The van der Waals surface area contributed by atoms with Crippen molar-refractivity contribution >= 4 is 23.4 Å². The number of ketones is 1. The monoisotopic (exact) mass is 443 g/mol. The summed E-state index contributed by atoms with van der Waals surface area (Å²) in [4.78, 5) is 47.6. The Morgan fingerprint density at radius 1 is 1.00 bits per heavy atom. The van der Waals surface area contributed by atoms with Crippen molar-refractivity contribution < 1.29 is 24.2 Å². The molecular formula is C25H21N3O5. The first-order chi connectivity index (χ1) is 16.0. The lowest BCUT2D eigenvalue weighted by molar-refractivity contribution is -0.140. The molecule has 0 saturated carbocycles. The molecule has 1 N–H and O–H groups in total. The van der Waals surface area contributed by atoms with Gasteiger partial charge in [0.25, 0.3) is 11.7 Å². The lowest BCUT2D eigenvalue weighted by atomic mass is 9.98. The quantitative estimate of drug-likeness (QED) is 0.269. The van der Waals surface area contributed by atoms with Gasteiger partial charge in [-0.05, 0) is 48.9 Å². The molecule has 33 heavy (non-hydrogen) atoms. The minimum absolute atomic E-state index is 0.0342. The number of aromatic nitrogens is 2. The van der Waals surface area contributed by atoms with E-state index in [4.69, 9.17) is 4.74 Å². The van der Waals surface area contributed by atoms with Crippen LogP contribution in [0.1, 0.15) is 40.1 Å². The third-order valence-electron chi connectivity index (χ3n) is 5.28. The number of rotatable bonds is 6. The predicted octanol–water partition coefficient (Wildman–Crippen LogP) is 3.28. The zero-order valence-corrected chi connectivity index (χ0v) is 17.8. The summed E-state index contributed by atoms with van der Waals surface area (Å²) >= 11 is 0. The van der Waals surface area contributed by atoms with Crippen LogP contribution in [-0.2, 0) is 20.9 Å². The standard InChI is InChI=1S/C25H21N3O5/c1-2-33-25(32)18-8-6-16(7-9-18)15-28-21(19-5-3-4-12-27-19)20(23(30)24(28)31)22(29)17-10-13-26-14-11-17/h3-14,21,29H,2,15H2,1H3/b22-20+. The van der Waals surface area contributed by atoms with Crippen LogP contribution in [0.2, 0.25) is 0 Å². The Morgan fingerprint density at radius 2 is 1.73 bits per heavy atom. The number of Topliss-reactive ketones (excluding diaryl/α,β-unsaturated/α-hetero) is 1. The summed E-state index contributed by atoms with van der Waals surface area (Å²) in [5.41, 5.74) is 1.89. The number of likely N-dealkylation sites (tertiary alicyclic amines) is 1. The van der Waals surface area contributed by atoms with Crippen LogP contribution in [-0.4, -0.2) is 44.2 Å². The van der Waals surface area contributed by atoms with Crippen LogP contribution < -0.4 is 0 Å². The lowest BCUT2D eigenvalue weighted by Gasteiger charge is -2.24. The van der Waals surface area contributed by atoms with Gasteiger partial charge in [0.1, 0.15) is 11.8 Å². The van der Waals surface area contributed by atoms with Gasteiger partial charge >= 0.3 is 5.97 Å². The highest BCUT2D eigenvalue weighted by Gasteiger charge is 2.46. The Morgan fingerprint density at radius 3 is 2.36 bits per heavy atom. The zero-order chi connectivity index (χ0) is 23.4. The van der Waals surface area contributed by atoms with E-state index in [0.717, 1.165) is 0 Å². The van der Waals surface area contributed by atoms with Crippen molar-refractivity contribution in [2.24, 2.45) is 0 Å². The molecule has 0 spiro atoms. The van der Waals surface area contributed by atoms with Gasteiger partial charge in [0.05, 0.1) is 23.4 Å². The number of hydrogen-bond donors (Lipinski definition) is 1. The van der Waals surface area contributed by atoms with Crippen LogP contribution in [0.25, 0.3) is 5.76 Å². The second-order valence-corrected chi connectivity index (χ2v) is 7.33. The van der Waals surface area contributed by atoms with Gasteiger partial charge in [0.15, 0.2) is 0 Å². The molecule has 1 amide bonds. The SMILES string of the molecule is CCOC(=O)c1ccc(CN2C(=O)C(=O)/C(=C(/O)c3ccncc3)C2c2ccccn2)cc1. The number of amides is 1. The molecular weight excluding hydrogens is 422 g/mol. The maximum absolute atomic E-state index is 13.0. The number of carbonyl (C=O) groups excluding carboxylic acids is 3. The summed E-state index contributed by atoms with van der Waals surface area (Å²) in [6.07, 6.45) is 4.55. The fourth-order valence-corrected chi connectivity index (χ4v) is 3.71. The van der Waals surface area contributed by atoms with Gasteiger partial charge in [-0.15, -0.1) is 0 Å².